The number of carbonyl (C=O) groups excluding carboxylic acids is 2. The van der Waals surface area contributed by atoms with Crippen LogP contribution in [-0.4, -0.2) is 25.2 Å². The van der Waals surface area contributed by atoms with Crippen LogP contribution >= 0.6 is 0 Å². The quantitative estimate of drug-likeness (QED) is 0.527. The van der Waals surface area contributed by atoms with Gasteiger partial charge in [-0.25, -0.2) is 0 Å². The predicted octanol–water partition coefficient (Wildman–Crippen LogP) is 3.09. The fraction of sp³-hybridized carbons (Fsp3) is 0.867. The molecule has 1 saturated carbocycles. The van der Waals surface area contributed by atoms with E-state index in [-0.39, 0.29) is 23.8 Å². The van der Waals surface area contributed by atoms with E-state index in [2.05, 4.69) is 6.92 Å². The van der Waals surface area contributed by atoms with Crippen LogP contribution in [0.5, 0.6) is 0 Å². The lowest BCUT2D eigenvalue weighted by atomic mass is 9.81. The molecule has 0 amide bonds. The van der Waals surface area contributed by atoms with Gasteiger partial charge in [-0.05, 0) is 32.6 Å². The monoisotopic (exact) mass is 270 g/mol. The molecule has 0 radical (unpaired) electrons. The summed E-state index contributed by atoms with van der Waals surface area (Å²) < 4.78 is 10.3. The lowest BCUT2D eigenvalue weighted by Crippen LogP contribution is -2.29. The number of hydrogen-bond acceptors (Lipinski definition) is 4. The third-order valence-corrected chi connectivity index (χ3v) is 3.62. The minimum atomic E-state index is -0.161. The third kappa shape index (κ3) is 5.62. The van der Waals surface area contributed by atoms with E-state index in [1.165, 1.54) is 0 Å². The summed E-state index contributed by atoms with van der Waals surface area (Å²) >= 11 is 0. The molecular weight excluding hydrogens is 244 g/mol. The van der Waals surface area contributed by atoms with Crippen molar-refractivity contribution in [3.63, 3.8) is 0 Å². The Kier molecular flexibility index (Phi) is 7.53. The number of unbranched alkanes of at least 4 members (excludes halogenated alkanes) is 2. The van der Waals surface area contributed by atoms with Crippen molar-refractivity contribution in [1.29, 1.82) is 0 Å². The van der Waals surface area contributed by atoms with Gasteiger partial charge in [0.25, 0.3) is 0 Å². The molecule has 0 aromatic carbocycles. The van der Waals surface area contributed by atoms with Crippen molar-refractivity contribution in [2.75, 3.05) is 13.2 Å². The fourth-order valence-corrected chi connectivity index (χ4v) is 2.52. The summed E-state index contributed by atoms with van der Waals surface area (Å²) in [6.45, 7) is 4.84. The number of ether oxygens (including phenoxy) is 2. The van der Waals surface area contributed by atoms with Crippen LogP contribution in [0.15, 0.2) is 0 Å². The van der Waals surface area contributed by atoms with E-state index in [0.717, 1.165) is 38.5 Å². The molecule has 0 aliphatic heterocycles. The first-order valence-corrected chi connectivity index (χ1v) is 7.52. The minimum Gasteiger partial charge on any atom is -0.466 e. The molecule has 1 rings (SSSR count). The largest absolute Gasteiger partial charge is 0.466 e. The molecule has 4 nitrogen and oxygen atoms in total. The Morgan fingerprint density at radius 1 is 1.00 bits per heavy atom. The topological polar surface area (TPSA) is 52.6 Å². The van der Waals surface area contributed by atoms with Crippen molar-refractivity contribution in [2.45, 2.75) is 58.8 Å². The smallest absolute Gasteiger partial charge is 0.308 e. The molecule has 2 unspecified atom stereocenters. The number of rotatable bonds is 7. The van der Waals surface area contributed by atoms with E-state index in [0.29, 0.717) is 19.6 Å². The summed E-state index contributed by atoms with van der Waals surface area (Å²) in [5.74, 6) is -0.539. The average Bonchev–Trinajstić information content (AvgIpc) is 2.44. The maximum atomic E-state index is 11.9. The van der Waals surface area contributed by atoms with E-state index in [1.807, 2.05) is 0 Å². The maximum Gasteiger partial charge on any atom is 0.308 e. The van der Waals surface area contributed by atoms with Crippen molar-refractivity contribution in [1.82, 2.24) is 0 Å². The van der Waals surface area contributed by atoms with Crippen molar-refractivity contribution < 1.29 is 19.1 Å². The van der Waals surface area contributed by atoms with Gasteiger partial charge >= 0.3 is 11.9 Å². The highest BCUT2D eigenvalue weighted by Crippen LogP contribution is 2.30. The molecule has 1 aliphatic rings. The van der Waals surface area contributed by atoms with Crippen molar-refractivity contribution in [3.05, 3.63) is 0 Å². The van der Waals surface area contributed by atoms with Crippen LogP contribution < -0.4 is 0 Å². The van der Waals surface area contributed by atoms with Crippen molar-refractivity contribution in [3.8, 4) is 0 Å². The van der Waals surface area contributed by atoms with Crippen LogP contribution in [0.1, 0.15) is 58.8 Å². The Morgan fingerprint density at radius 2 is 1.63 bits per heavy atom. The second-order valence-electron chi connectivity index (χ2n) is 5.19. The zero-order valence-electron chi connectivity index (χ0n) is 12.2. The first kappa shape index (κ1) is 16.0. The molecular formula is C15H26O4. The van der Waals surface area contributed by atoms with E-state index in [9.17, 15) is 9.59 Å². The number of hydrogen-bond donors (Lipinski definition) is 0. The predicted molar refractivity (Wildman–Crippen MR) is 72.6 cm³/mol. The molecule has 0 spiro atoms. The van der Waals surface area contributed by atoms with Crippen LogP contribution in [0.3, 0.4) is 0 Å². The van der Waals surface area contributed by atoms with E-state index < -0.39 is 0 Å². The first-order chi connectivity index (χ1) is 9.19. The van der Waals surface area contributed by atoms with Crippen molar-refractivity contribution in [2.24, 2.45) is 11.8 Å². The molecule has 0 saturated heterocycles. The van der Waals surface area contributed by atoms with Crippen LogP contribution in [0.25, 0.3) is 0 Å². The van der Waals surface area contributed by atoms with Crippen molar-refractivity contribution >= 4 is 11.9 Å². The Labute approximate surface area is 115 Å². The van der Waals surface area contributed by atoms with Gasteiger partial charge in [0.2, 0.25) is 0 Å². The molecule has 1 fully saturated rings. The minimum absolute atomic E-state index is 0.121. The molecule has 2 atom stereocenters. The van der Waals surface area contributed by atoms with Gasteiger partial charge in [0.1, 0.15) is 0 Å². The number of carbonyl (C=O) groups is 2. The van der Waals surface area contributed by atoms with Gasteiger partial charge in [-0.15, -0.1) is 0 Å². The highest BCUT2D eigenvalue weighted by molar-refractivity contribution is 5.76. The standard InChI is InChI=1S/C15H26O4/c1-3-5-6-10-19-15(17)13-9-7-8-12(11-13)14(16)18-4-2/h12-13H,3-11H2,1-2H3. The van der Waals surface area contributed by atoms with Crippen LogP contribution in [0, 0.1) is 11.8 Å². The summed E-state index contributed by atoms with van der Waals surface area (Å²) in [6, 6.07) is 0. The zero-order valence-corrected chi connectivity index (χ0v) is 12.2. The van der Waals surface area contributed by atoms with Gasteiger partial charge in [-0.3, -0.25) is 9.59 Å². The van der Waals surface area contributed by atoms with Gasteiger partial charge in [0, 0.05) is 0 Å². The van der Waals surface area contributed by atoms with Crippen LogP contribution in [0.2, 0.25) is 0 Å². The maximum absolute atomic E-state index is 11.9. The third-order valence-electron chi connectivity index (χ3n) is 3.62. The van der Waals surface area contributed by atoms with Gasteiger partial charge < -0.3 is 9.47 Å². The van der Waals surface area contributed by atoms with Crippen LogP contribution in [-0.2, 0) is 19.1 Å². The summed E-state index contributed by atoms with van der Waals surface area (Å²) in [7, 11) is 0. The fourth-order valence-electron chi connectivity index (χ4n) is 2.52. The SMILES string of the molecule is CCCCCOC(=O)C1CCCC(C(=O)OCC)C1. The van der Waals surface area contributed by atoms with Gasteiger partial charge in [0.05, 0.1) is 25.0 Å². The molecule has 0 heterocycles. The second-order valence-corrected chi connectivity index (χ2v) is 5.19. The highest BCUT2D eigenvalue weighted by Gasteiger charge is 2.32. The molecule has 1 aliphatic carbocycles. The second kappa shape index (κ2) is 8.94. The number of esters is 2. The van der Waals surface area contributed by atoms with E-state index >= 15 is 0 Å². The summed E-state index contributed by atoms with van der Waals surface area (Å²) in [4.78, 5) is 23.6. The normalized spacial score (nSPS) is 22.8. The summed E-state index contributed by atoms with van der Waals surface area (Å²) in [5.41, 5.74) is 0. The van der Waals surface area contributed by atoms with Gasteiger partial charge in [-0.1, -0.05) is 26.2 Å². The molecule has 0 N–H and O–H groups in total. The van der Waals surface area contributed by atoms with E-state index in [4.69, 9.17) is 9.47 Å². The molecule has 0 aromatic heterocycles. The molecule has 0 aromatic rings. The Hall–Kier alpha value is -1.06. The summed E-state index contributed by atoms with van der Waals surface area (Å²) in [6.07, 6.45) is 6.29. The van der Waals surface area contributed by atoms with Gasteiger partial charge in [-0.2, -0.15) is 0 Å². The highest BCUT2D eigenvalue weighted by atomic mass is 16.5. The molecule has 4 heteroatoms. The Morgan fingerprint density at radius 3 is 2.21 bits per heavy atom. The molecule has 110 valence electrons. The van der Waals surface area contributed by atoms with E-state index in [1.54, 1.807) is 6.92 Å². The van der Waals surface area contributed by atoms with Crippen LogP contribution in [0.4, 0.5) is 0 Å². The molecule has 0 bridgehead atoms. The molecule has 19 heavy (non-hydrogen) atoms. The lowest BCUT2D eigenvalue weighted by Gasteiger charge is -2.26. The lowest BCUT2D eigenvalue weighted by molar-refractivity contribution is -0.154. The van der Waals surface area contributed by atoms with Gasteiger partial charge in [0.15, 0.2) is 0 Å². The Balaban J connectivity index is 2.32. The summed E-state index contributed by atoms with van der Waals surface area (Å²) in [5, 5.41) is 0. The first-order valence-electron chi connectivity index (χ1n) is 7.52. The zero-order chi connectivity index (χ0) is 14.1. The Bertz CT molecular complexity index is 288. The average molecular weight is 270 g/mol.